The maximum Gasteiger partial charge on any atom is 0.328 e. The quantitative estimate of drug-likeness (QED) is 0.776. The largest absolute Gasteiger partial charge is 0.359 e. The summed E-state index contributed by atoms with van der Waals surface area (Å²) in [5.74, 6) is 1.33. The highest BCUT2D eigenvalue weighted by Crippen LogP contribution is 2.39. The SMILES string of the molecule is Cn1ccn(Cc2cc(C3CC3)no2)c1=O. The van der Waals surface area contributed by atoms with E-state index in [4.69, 9.17) is 4.52 Å². The Morgan fingerprint density at radius 2 is 2.31 bits per heavy atom. The van der Waals surface area contributed by atoms with Crippen molar-refractivity contribution in [1.82, 2.24) is 14.3 Å². The molecule has 0 aromatic carbocycles. The highest BCUT2D eigenvalue weighted by Gasteiger charge is 2.27. The summed E-state index contributed by atoms with van der Waals surface area (Å²) in [6.45, 7) is 0.458. The van der Waals surface area contributed by atoms with Gasteiger partial charge in [-0.3, -0.25) is 4.57 Å². The average molecular weight is 219 g/mol. The van der Waals surface area contributed by atoms with Gasteiger partial charge in [-0.15, -0.1) is 0 Å². The summed E-state index contributed by atoms with van der Waals surface area (Å²) in [5.41, 5.74) is 0.989. The fourth-order valence-corrected chi connectivity index (χ4v) is 1.77. The summed E-state index contributed by atoms with van der Waals surface area (Å²) < 4.78 is 8.36. The van der Waals surface area contributed by atoms with E-state index in [1.807, 2.05) is 6.07 Å². The molecule has 1 saturated carbocycles. The predicted octanol–water partition coefficient (Wildman–Crippen LogP) is 1.10. The van der Waals surface area contributed by atoms with Gasteiger partial charge in [0, 0.05) is 31.4 Å². The molecule has 0 bridgehead atoms. The predicted molar refractivity (Wildman–Crippen MR) is 57.3 cm³/mol. The van der Waals surface area contributed by atoms with Crippen molar-refractivity contribution >= 4 is 0 Å². The number of rotatable bonds is 3. The zero-order valence-electron chi connectivity index (χ0n) is 9.09. The third kappa shape index (κ3) is 1.58. The second-order valence-corrected chi connectivity index (χ2v) is 4.31. The zero-order valence-corrected chi connectivity index (χ0v) is 9.09. The molecule has 5 heteroatoms. The van der Waals surface area contributed by atoms with E-state index in [0.717, 1.165) is 11.5 Å². The van der Waals surface area contributed by atoms with E-state index in [1.54, 1.807) is 24.0 Å². The maximum atomic E-state index is 11.6. The molecule has 2 aromatic heterocycles. The molecule has 1 aliphatic rings. The van der Waals surface area contributed by atoms with Crippen molar-refractivity contribution in [2.24, 2.45) is 7.05 Å². The number of hydrogen-bond acceptors (Lipinski definition) is 3. The molecule has 0 unspecified atom stereocenters. The maximum absolute atomic E-state index is 11.6. The van der Waals surface area contributed by atoms with Crippen molar-refractivity contribution in [1.29, 1.82) is 0 Å². The third-order valence-electron chi connectivity index (χ3n) is 2.92. The minimum absolute atomic E-state index is 0.0376. The molecule has 0 radical (unpaired) electrons. The lowest BCUT2D eigenvalue weighted by Crippen LogP contribution is -2.22. The minimum Gasteiger partial charge on any atom is -0.359 e. The number of hydrogen-bond donors (Lipinski definition) is 0. The van der Waals surface area contributed by atoms with Crippen LogP contribution in [-0.4, -0.2) is 14.3 Å². The molecule has 0 N–H and O–H groups in total. The van der Waals surface area contributed by atoms with Crippen LogP contribution in [0.25, 0.3) is 0 Å². The Morgan fingerprint density at radius 3 is 2.94 bits per heavy atom. The van der Waals surface area contributed by atoms with Gasteiger partial charge in [0.25, 0.3) is 0 Å². The van der Waals surface area contributed by atoms with Gasteiger partial charge in [-0.1, -0.05) is 5.16 Å². The number of imidazole rings is 1. The van der Waals surface area contributed by atoms with Gasteiger partial charge >= 0.3 is 5.69 Å². The van der Waals surface area contributed by atoms with E-state index >= 15 is 0 Å². The Hall–Kier alpha value is -1.78. The summed E-state index contributed by atoms with van der Waals surface area (Å²) in [6, 6.07) is 1.96. The lowest BCUT2D eigenvalue weighted by molar-refractivity contribution is 0.369. The van der Waals surface area contributed by atoms with Gasteiger partial charge in [0.1, 0.15) is 0 Å². The lowest BCUT2D eigenvalue weighted by Gasteiger charge is -1.94. The first-order valence-corrected chi connectivity index (χ1v) is 5.41. The van der Waals surface area contributed by atoms with Crippen molar-refractivity contribution in [3.8, 4) is 0 Å². The molecule has 0 spiro atoms. The van der Waals surface area contributed by atoms with E-state index < -0.39 is 0 Å². The molecule has 0 atom stereocenters. The summed E-state index contributed by atoms with van der Waals surface area (Å²) in [5, 5.41) is 4.01. The summed E-state index contributed by atoms with van der Waals surface area (Å²) >= 11 is 0. The zero-order chi connectivity index (χ0) is 11.1. The van der Waals surface area contributed by atoms with Gasteiger partial charge in [-0.2, -0.15) is 0 Å². The number of aromatic nitrogens is 3. The average Bonchev–Trinajstić information content (AvgIpc) is 2.96. The Kier molecular flexibility index (Phi) is 1.99. The van der Waals surface area contributed by atoms with Crippen LogP contribution in [0.4, 0.5) is 0 Å². The Morgan fingerprint density at radius 1 is 1.50 bits per heavy atom. The molecule has 16 heavy (non-hydrogen) atoms. The topological polar surface area (TPSA) is 53.0 Å². The second-order valence-electron chi connectivity index (χ2n) is 4.31. The molecule has 1 fully saturated rings. The van der Waals surface area contributed by atoms with Crippen molar-refractivity contribution in [3.63, 3.8) is 0 Å². The van der Waals surface area contributed by atoms with Crippen LogP contribution in [0.3, 0.4) is 0 Å². The van der Waals surface area contributed by atoms with E-state index in [9.17, 15) is 4.79 Å². The third-order valence-corrected chi connectivity index (χ3v) is 2.92. The highest BCUT2D eigenvalue weighted by molar-refractivity contribution is 5.15. The smallest absolute Gasteiger partial charge is 0.328 e. The molecule has 3 rings (SSSR count). The molecule has 1 aliphatic carbocycles. The van der Waals surface area contributed by atoms with Crippen LogP contribution in [0.15, 0.2) is 27.8 Å². The first-order valence-electron chi connectivity index (χ1n) is 5.41. The van der Waals surface area contributed by atoms with Gasteiger partial charge in [-0.25, -0.2) is 4.79 Å². The highest BCUT2D eigenvalue weighted by atomic mass is 16.5. The standard InChI is InChI=1S/C11H13N3O2/c1-13-4-5-14(11(13)15)7-9-6-10(12-16-9)8-2-3-8/h4-6,8H,2-3,7H2,1H3. The van der Waals surface area contributed by atoms with Crippen molar-refractivity contribution in [2.45, 2.75) is 25.3 Å². The van der Waals surface area contributed by atoms with Crippen LogP contribution in [0.1, 0.15) is 30.2 Å². The first-order chi connectivity index (χ1) is 7.74. The van der Waals surface area contributed by atoms with Crippen molar-refractivity contribution in [2.75, 3.05) is 0 Å². The van der Waals surface area contributed by atoms with Crippen LogP contribution in [0, 0.1) is 0 Å². The summed E-state index contributed by atoms with van der Waals surface area (Å²) in [6.07, 6.45) is 5.90. The molecule has 0 saturated heterocycles. The first kappa shape index (κ1) is 9.45. The molecule has 0 aliphatic heterocycles. The van der Waals surface area contributed by atoms with Crippen LogP contribution in [-0.2, 0) is 13.6 Å². The monoisotopic (exact) mass is 219 g/mol. The molecular formula is C11H13N3O2. The molecule has 2 aromatic rings. The molecular weight excluding hydrogens is 206 g/mol. The molecule has 2 heterocycles. The van der Waals surface area contributed by atoms with Crippen LogP contribution in [0.2, 0.25) is 0 Å². The normalized spacial score (nSPS) is 15.6. The fourth-order valence-electron chi connectivity index (χ4n) is 1.77. The summed E-state index contributed by atoms with van der Waals surface area (Å²) in [4.78, 5) is 11.6. The fraction of sp³-hybridized carbons (Fsp3) is 0.455. The Balaban J connectivity index is 1.82. The van der Waals surface area contributed by atoms with E-state index in [-0.39, 0.29) is 5.69 Å². The van der Waals surface area contributed by atoms with Gasteiger partial charge in [0.2, 0.25) is 0 Å². The van der Waals surface area contributed by atoms with Crippen LogP contribution >= 0.6 is 0 Å². The molecule has 0 amide bonds. The van der Waals surface area contributed by atoms with Gasteiger partial charge in [-0.05, 0) is 12.8 Å². The van der Waals surface area contributed by atoms with E-state index in [2.05, 4.69) is 5.16 Å². The number of nitrogens with zero attached hydrogens (tertiary/aromatic N) is 3. The van der Waals surface area contributed by atoms with Crippen molar-refractivity contribution < 1.29 is 4.52 Å². The van der Waals surface area contributed by atoms with Gasteiger partial charge in [0.05, 0.1) is 12.2 Å². The second kappa shape index (κ2) is 3.37. The summed E-state index contributed by atoms with van der Waals surface area (Å²) in [7, 11) is 1.73. The molecule has 84 valence electrons. The van der Waals surface area contributed by atoms with Gasteiger partial charge < -0.3 is 9.09 Å². The number of aryl methyl sites for hydroxylation is 1. The molecule has 5 nitrogen and oxygen atoms in total. The van der Waals surface area contributed by atoms with E-state index in [0.29, 0.717) is 12.5 Å². The lowest BCUT2D eigenvalue weighted by atomic mass is 10.3. The van der Waals surface area contributed by atoms with E-state index in [1.165, 1.54) is 17.4 Å². The Labute approximate surface area is 92.3 Å². The van der Waals surface area contributed by atoms with Gasteiger partial charge in [0.15, 0.2) is 5.76 Å². The van der Waals surface area contributed by atoms with Crippen molar-refractivity contribution in [3.05, 3.63) is 40.4 Å². The van der Waals surface area contributed by atoms with Crippen LogP contribution < -0.4 is 5.69 Å². The minimum atomic E-state index is -0.0376. The Bertz CT molecular complexity index is 560. The van der Waals surface area contributed by atoms with Crippen LogP contribution in [0.5, 0.6) is 0 Å².